The van der Waals surface area contributed by atoms with Crippen LogP contribution in [0.2, 0.25) is 0 Å². The van der Waals surface area contributed by atoms with Gasteiger partial charge in [-0.15, -0.1) is 0 Å². The Morgan fingerprint density at radius 1 is 1.60 bits per heavy atom. The molecule has 0 aliphatic carbocycles. The summed E-state index contributed by atoms with van der Waals surface area (Å²) in [6.07, 6.45) is 3.21. The van der Waals surface area contributed by atoms with E-state index < -0.39 is 11.9 Å². The Bertz CT molecular complexity index is 311. The summed E-state index contributed by atoms with van der Waals surface area (Å²) in [6.45, 7) is 3.91. The van der Waals surface area contributed by atoms with E-state index in [0.717, 1.165) is 0 Å². The predicted octanol–water partition coefficient (Wildman–Crippen LogP) is 1.82. The molecular weight excluding hydrogens is 194 g/mol. The predicted molar refractivity (Wildman–Crippen MR) is 55.7 cm³/mol. The van der Waals surface area contributed by atoms with Gasteiger partial charge in [-0.3, -0.25) is 9.78 Å². The van der Waals surface area contributed by atoms with E-state index in [1.807, 2.05) is 13.8 Å². The SMILES string of the molecule is CC(C)C(COc1cccnc1)C(=O)O. The lowest BCUT2D eigenvalue weighted by atomic mass is 9.97. The Kier molecular flexibility index (Phi) is 4.09. The highest BCUT2D eigenvalue weighted by Crippen LogP contribution is 2.14. The van der Waals surface area contributed by atoms with Crippen LogP contribution in [0.25, 0.3) is 0 Å². The van der Waals surface area contributed by atoms with Crippen molar-refractivity contribution in [2.75, 3.05) is 6.61 Å². The van der Waals surface area contributed by atoms with Crippen molar-refractivity contribution in [3.8, 4) is 5.75 Å². The third-order valence-electron chi connectivity index (χ3n) is 2.19. The molecule has 82 valence electrons. The third kappa shape index (κ3) is 3.58. The number of carbonyl (C=O) groups is 1. The highest BCUT2D eigenvalue weighted by Gasteiger charge is 2.22. The maximum atomic E-state index is 10.9. The molecule has 0 bridgehead atoms. The van der Waals surface area contributed by atoms with E-state index in [1.165, 1.54) is 0 Å². The van der Waals surface area contributed by atoms with Gasteiger partial charge in [0.1, 0.15) is 12.4 Å². The number of carboxylic acids is 1. The van der Waals surface area contributed by atoms with Crippen LogP contribution < -0.4 is 4.74 Å². The van der Waals surface area contributed by atoms with Crippen LogP contribution in [0.5, 0.6) is 5.75 Å². The van der Waals surface area contributed by atoms with Gasteiger partial charge in [0.05, 0.1) is 12.1 Å². The topological polar surface area (TPSA) is 59.4 Å². The van der Waals surface area contributed by atoms with Gasteiger partial charge in [-0.2, -0.15) is 0 Å². The molecule has 0 spiro atoms. The van der Waals surface area contributed by atoms with Crippen molar-refractivity contribution < 1.29 is 14.6 Å². The summed E-state index contributed by atoms with van der Waals surface area (Å²) in [5.74, 6) is -0.650. The van der Waals surface area contributed by atoms with Crippen molar-refractivity contribution in [2.45, 2.75) is 13.8 Å². The van der Waals surface area contributed by atoms with Crippen molar-refractivity contribution in [1.82, 2.24) is 4.98 Å². The fourth-order valence-electron chi connectivity index (χ4n) is 1.17. The zero-order valence-electron chi connectivity index (χ0n) is 8.88. The number of carboxylic acid groups (broad SMARTS) is 1. The van der Waals surface area contributed by atoms with Gasteiger partial charge in [-0.1, -0.05) is 13.8 Å². The molecular formula is C11H15NO3. The lowest BCUT2D eigenvalue weighted by molar-refractivity contribution is -0.144. The van der Waals surface area contributed by atoms with Gasteiger partial charge < -0.3 is 9.84 Å². The first-order valence-corrected chi connectivity index (χ1v) is 4.87. The molecule has 0 saturated carbocycles. The molecule has 0 radical (unpaired) electrons. The summed E-state index contributed by atoms with van der Waals surface area (Å²) in [7, 11) is 0. The molecule has 4 nitrogen and oxygen atoms in total. The van der Waals surface area contributed by atoms with Gasteiger partial charge in [0.25, 0.3) is 0 Å². The van der Waals surface area contributed by atoms with E-state index in [9.17, 15) is 4.79 Å². The number of ether oxygens (including phenoxy) is 1. The average molecular weight is 209 g/mol. The van der Waals surface area contributed by atoms with E-state index >= 15 is 0 Å². The fraction of sp³-hybridized carbons (Fsp3) is 0.455. The quantitative estimate of drug-likeness (QED) is 0.803. The summed E-state index contributed by atoms with van der Waals surface area (Å²) >= 11 is 0. The van der Waals surface area contributed by atoms with Crippen LogP contribution in [0.1, 0.15) is 13.8 Å². The fourth-order valence-corrected chi connectivity index (χ4v) is 1.17. The van der Waals surface area contributed by atoms with Gasteiger partial charge in [0, 0.05) is 6.20 Å². The normalized spacial score (nSPS) is 12.5. The lowest BCUT2D eigenvalue weighted by Crippen LogP contribution is -2.26. The molecule has 0 aliphatic heterocycles. The summed E-state index contributed by atoms with van der Waals surface area (Å²) in [5.41, 5.74) is 0. The minimum atomic E-state index is -0.825. The van der Waals surface area contributed by atoms with Crippen molar-refractivity contribution >= 4 is 5.97 Å². The zero-order valence-corrected chi connectivity index (χ0v) is 8.88. The first kappa shape index (κ1) is 11.5. The Labute approximate surface area is 88.9 Å². The van der Waals surface area contributed by atoms with Crippen LogP contribution in [-0.2, 0) is 4.79 Å². The maximum Gasteiger partial charge on any atom is 0.310 e. The number of aliphatic carboxylic acids is 1. The van der Waals surface area contributed by atoms with Crippen LogP contribution in [-0.4, -0.2) is 22.7 Å². The van der Waals surface area contributed by atoms with Gasteiger partial charge in [0.2, 0.25) is 0 Å². The second-order valence-electron chi connectivity index (χ2n) is 3.69. The Hall–Kier alpha value is -1.58. The molecule has 0 aromatic carbocycles. The van der Waals surface area contributed by atoms with Gasteiger partial charge in [-0.25, -0.2) is 0 Å². The first-order valence-electron chi connectivity index (χ1n) is 4.87. The van der Waals surface area contributed by atoms with Crippen LogP contribution in [0, 0.1) is 11.8 Å². The number of hydrogen-bond donors (Lipinski definition) is 1. The molecule has 0 fully saturated rings. The molecule has 15 heavy (non-hydrogen) atoms. The molecule has 1 aromatic heterocycles. The van der Waals surface area contributed by atoms with Crippen LogP contribution in [0.3, 0.4) is 0 Å². The Morgan fingerprint density at radius 3 is 2.80 bits per heavy atom. The largest absolute Gasteiger partial charge is 0.491 e. The van der Waals surface area contributed by atoms with Gasteiger partial charge >= 0.3 is 5.97 Å². The molecule has 1 atom stereocenters. The molecule has 1 N–H and O–H groups in total. The minimum Gasteiger partial charge on any atom is -0.491 e. The number of pyridine rings is 1. The standard InChI is InChI=1S/C11H15NO3/c1-8(2)10(11(13)14)7-15-9-4-3-5-12-6-9/h3-6,8,10H,7H2,1-2H3,(H,13,14). The zero-order chi connectivity index (χ0) is 11.3. The second-order valence-corrected chi connectivity index (χ2v) is 3.69. The van der Waals surface area contributed by atoms with E-state index in [1.54, 1.807) is 24.5 Å². The highest BCUT2D eigenvalue weighted by atomic mass is 16.5. The van der Waals surface area contributed by atoms with Crippen molar-refractivity contribution in [3.05, 3.63) is 24.5 Å². The molecule has 0 aliphatic rings. The van der Waals surface area contributed by atoms with Crippen molar-refractivity contribution in [2.24, 2.45) is 11.8 Å². The molecule has 1 rings (SSSR count). The van der Waals surface area contributed by atoms with E-state index in [0.29, 0.717) is 5.75 Å². The monoisotopic (exact) mass is 209 g/mol. The Balaban J connectivity index is 2.51. The van der Waals surface area contributed by atoms with Crippen molar-refractivity contribution in [3.63, 3.8) is 0 Å². The van der Waals surface area contributed by atoms with E-state index in [2.05, 4.69) is 4.98 Å². The lowest BCUT2D eigenvalue weighted by Gasteiger charge is -2.16. The van der Waals surface area contributed by atoms with Gasteiger partial charge in [-0.05, 0) is 18.1 Å². The Morgan fingerprint density at radius 2 is 2.33 bits per heavy atom. The van der Waals surface area contributed by atoms with Crippen LogP contribution >= 0.6 is 0 Å². The smallest absolute Gasteiger partial charge is 0.310 e. The van der Waals surface area contributed by atoms with Crippen LogP contribution in [0.4, 0.5) is 0 Å². The summed E-state index contributed by atoms with van der Waals surface area (Å²) in [5, 5.41) is 8.93. The van der Waals surface area contributed by atoms with E-state index in [-0.39, 0.29) is 12.5 Å². The highest BCUT2D eigenvalue weighted by molar-refractivity contribution is 5.70. The van der Waals surface area contributed by atoms with Crippen LogP contribution in [0.15, 0.2) is 24.5 Å². The summed E-state index contributed by atoms with van der Waals surface area (Å²) < 4.78 is 5.35. The summed E-state index contributed by atoms with van der Waals surface area (Å²) in [6, 6.07) is 3.51. The first-order chi connectivity index (χ1) is 7.11. The number of rotatable bonds is 5. The molecule has 0 amide bonds. The number of nitrogens with zero attached hydrogens (tertiary/aromatic N) is 1. The van der Waals surface area contributed by atoms with E-state index in [4.69, 9.17) is 9.84 Å². The third-order valence-corrected chi connectivity index (χ3v) is 2.19. The summed E-state index contributed by atoms with van der Waals surface area (Å²) in [4.78, 5) is 14.7. The molecule has 0 saturated heterocycles. The second kappa shape index (κ2) is 5.34. The molecule has 4 heteroatoms. The molecule has 1 unspecified atom stereocenters. The number of aromatic nitrogens is 1. The number of hydrogen-bond acceptors (Lipinski definition) is 3. The molecule has 1 aromatic rings. The minimum absolute atomic E-state index is 0.0548. The maximum absolute atomic E-state index is 10.9. The molecule has 1 heterocycles. The van der Waals surface area contributed by atoms with Gasteiger partial charge in [0.15, 0.2) is 0 Å². The average Bonchev–Trinajstić information content (AvgIpc) is 2.18. The van der Waals surface area contributed by atoms with Crippen molar-refractivity contribution in [1.29, 1.82) is 0 Å².